The van der Waals surface area contributed by atoms with Crippen LogP contribution in [0, 0.1) is 5.92 Å². The first-order valence-corrected chi connectivity index (χ1v) is 9.29. The molecule has 0 aliphatic carbocycles. The Kier molecular flexibility index (Phi) is 7.25. The number of benzene rings is 1. The van der Waals surface area contributed by atoms with Crippen molar-refractivity contribution >= 4 is 41.0 Å². The Hall–Kier alpha value is -2.33. The van der Waals surface area contributed by atoms with Crippen LogP contribution in [0.4, 0.5) is 18.9 Å². The van der Waals surface area contributed by atoms with E-state index < -0.39 is 29.5 Å². The second kappa shape index (κ2) is 9.24. The maximum atomic E-state index is 13.0. The van der Waals surface area contributed by atoms with Gasteiger partial charge in [-0.2, -0.15) is 13.2 Å². The quantitative estimate of drug-likeness (QED) is 0.398. The van der Waals surface area contributed by atoms with E-state index in [1.807, 2.05) is 0 Å². The largest absolute Gasteiger partial charge is 0.416 e. The van der Waals surface area contributed by atoms with Gasteiger partial charge >= 0.3 is 6.18 Å². The average molecular weight is 415 g/mol. The van der Waals surface area contributed by atoms with Gasteiger partial charge in [-0.05, 0) is 44.3 Å². The molecule has 2 amide bonds. The first kappa shape index (κ1) is 22.0. The number of quaternary nitrogens is 1. The van der Waals surface area contributed by atoms with Crippen molar-refractivity contribution in [3.63, 3.8) is 0 Å². The maximum Gasteiger partial charge on any atom is 0.416 e. The highest BCUT2D eigenvalue weighted by molar-refractivity contribution is 7.80. The number of hydrogen-bond donors (Lipinski definition) is 2. The second-order valence-electron chi connectivity index (χ2n) is 6.26. The zero-order valence-electron chi connectivity index (χ0n) is 15.5. The van der Waals surface area contributed by atoms with Gasteiger partial charge in [0.2, 0.25) is 5.91 Å². The minimum Gasteiger partial charge on any atom is -0.334 e. The zero-order chi connectivity index (χ0) is 20.9. The Bertz CT molecular complexity index is 778. The van der Waals surface area contributed by atoms with Crippen molar-refractivity contribution in [3.05, 3.63) is 29.8 Å². The number of carbonyl (C=O) groups excluding carboxylic acids is 2. The van der Waals surface area contributed by atoms with E-state index in [2.05, 4.69) is 24.2 Å². The molecule has 1 unspecified atom stereocenters. The molecular formula is C18H22F3N4O2S+. The van der Waals surface area contributed by atoms with Gasteiger partial charge in [0.1, 0.15) is 0 Å². The molecule has 0 aromatic heterocycles. The number of anilines is 1. The fourth-order valence-electron chi connectivity index (χ4n) is 2.79. The predicted molar refractivity (Wildman–Crippen MR) is 103 cm³/mol. The topological polar surface area (TPSA) is 66.2 Å². The summed E-state index contributed by atoms with van der Waals surface area (Å²) in [6.07, 6.45) is -3.32. The summed E-state index contributed by atoms with van der Waals surface area (Å²) in [5, 5.41) is 2.10. The van der Waals surface area contributed by atoms with Crippen molar-refractivity contribution in [2.24, 2.45) is 10.9 Å². The van der Waals surface area contributed by atoms with Gasteiger partial charge in [0.15, 0.2) is 11.0 Å². The lowest BCUT2D eigenvalue weighted by molar-refractivity contribution is -0.894. The van der Waals surface area contributed by atoms with Crippen molar-refractivity contribution in [2.75, 3.05) is 31.1 Å². The Morgan fingerprint density at radius 1 is 1.29 bits per heavy atom. The van der Waals surface area contributed by atoms with Crippen LogP contribution in [0.1, 0.15) is 19.4 Å². The summed E-state index contributed by atoms with van der Waals surface area (Å²) < 4.78 is 38.9. The van der Waals surface area contributed by atoms with E-state index in [0.29, 0.717) is 6.54 Å². The smallest absolute Gasteiger partial charge is 0.334 e. The van der Waals surface area contributed by atoms with Crippen molar-refractivity contribution < 1.29 is 27.7 Å². The van der Waals surface area contributed by atoms with E-state index in [9.17, 15) is 22.8 Å². The number of nitrogens with one attached hydrogen (secondary N) is 2. The number of rotatable bonds is 7. The zero-order valence-corrected chi connectivity index (χ0v) is 16.4. The number of amides is 2. The number of hydrogen-bond acceptors (Lipinski definition) is 4. The number of likely N-dealkylation sites (N-methyl/N-ethyl adjacent to an activating group) is 1. The van der Waals surface area contributed by atoms with Gasteiger partial charge in [-0.25, -0.2) is 0 Å². The molecule has 152 valence electrons. The molecule has 10 heteroatoms. The fourth-order valence-corrected chi connectivity index (χ4v) is 3.09. The van der Waals surface area contributed by atoms with Crippen LogP contribution in [0.3, 0.4) is 0 Å². The molecule has 1 aromatic rings. The van der Waals surface area contributed by atoms with Gasteiger partial charge in [0.25, 0.3) is 5.91 Å². The molecule has 2 N–H and O–H groups in total. The first-order chi connectivity index (χ1) is 13.2. The van der Waals surface area contributed by atoms with Gasteiger partial charge in [-0.3, -0.25) is 19.5 Å². The number of carbonyl (C=O) groups is 2. The lowest BCUT2D eigenvalue weighted by Crippen LogP contribution is -3.11. The highest BCUT2D eigenvalue weighted by atomic mass is 32.1. The lowest BCUT2D eigenvalue weighted by atomic mass is 10.1. The van der Waals surface area contributed by atoms with Crippen molar-refractivity contribution in [2.45, 2.75) is 20.0 Å². The molecule has 1 heterocycles. The molecule has 28 heavy (non-hydrogen) atoms. The van der Waals surface area contributed by atoms with Gasteiger partial charge in [-0.15, -0.1) is 0 Å². The summed E-state index contributed by atoms with van der Waals surface area (Å²) in [6, 6.07) is 4.23. The molecule has 1 aromatic carbocycles. The molecule has 0 radical (unpaired) electrons. The van der Waals surface area contributed by atoms with Gasteiger partial charge in [0.05, 0.1) is 37.4 Å². The molecule has 0 bridgehead atoms. The van der Waals surface area contributed by atoms with E-state index in [1.54, 1.807) is 0 Å². The summed E-state index contributed by atoms with van der Waals surface area (Å²) in [5.74, 6) is -2.61. The van der Waals surface area contributed by atoms with E-state index in [1.165, 1.54) is 23.2 Å². The third-order valence-corrected chi connectivity index (χ3v) is 4.77. The van der Waals surface area contributed by atoms with E-state index in [-0.39, 0.29) is 10.8 Å². The number of nitrogens with zero attached hydrogens (tertiary/aromatic N) is 2. The minimum atomic E-state index is -4.56. The number of thiocarbonyl (C=S) groups is 1. The predicted octanol–water partition coefficient (Wildman–Crippen LogP) is 1.06. The average Bonchev–Trinajstić information content (AvgIpc) is 2.63. The Balaban J connectivity index is 2.20. The lowest BCUT2D eigenvalue weighted by Gasteiger charge is -2.31. The molecule has 0 spiro atoms. The molecule has 1 saturated heterocycles. The van der Waals surface area contributed by atoms with E-state index in [4.69, 9.17) is 12.2 Å². The Morgan fingerprint density at radius 3 is 2.57 bits per heavy atom. The summed E-state index contributed by atoms with van der Waals surface area (Å²) in [5.41, 5.74) is -0.972. The van der Waals surface area contributed by atoms with Gasteiger partial charge in [0, 0.05) is 6.21 Å². The van der Waals surface area contributed by atoms with E-state index >= 15 is 0 Å². The summed E-state index contributed by atoms with van der Waals surface area (Å²) in [6.45, 7) is 7.16. The van der Waals surface area contributed by atoms with Crippen LogP contribution in [0.5, 0.6) is 0 Å². The molecule has 1 aliphatic rings. The molecule has 2 rings (SSSR count). The van der Waals surface area contributed by atoms with Crippen molar-refractivity contribution in [1.29, 1.82) is 0 Å². The SMILES string of the molecule is CC[NH+](CC)CCN=CC1C(=O)NC(=S)N(c2cccc(C(F)(F)F)c2)C1=O. The third kappa shape index (κ3) is 5.14. The van der Waals surface area contributed by atoms with Gasteiger partial charge < -0.3 is 10.2 Å². The minimum absolute atomic E-state index is 0.0594. The Morgan fingerprint density at radius 2 is 1.96 bits per heavy atom. The van der Waals surface area contributed by atoms with Gasteiger partial charge in [-0.1, -0.05) is 6.07 Å². The summed E-state index contributed by atoms with van der Waals surface area (Å²) in [7, 11) is 0. The second-order valence-corrected chi connectivity index (χ2v) is 6.64. The number of aliphatic imine (C=N–C) groups is 1. The normalized spacial score (nSPS) is 18.3. The molecule has 0 saturated carbocycles. The van der Waals surface area contributed by atoms with Crippen LogP contribution in [0.15, 0.2) is 29.3 Å². The number of alkyl halides is 3. The van der Waals surface area contributed by atoms with Crippen LogP contribution in [0.25, 0.3) is 0 Å². The standard InChI is InChI=1S/C18H21F3N4O2S/c1-3-24(4-2)9-8-22-11-14-15(26)23-17(28)25(16(14)27)13-7-5-6-12(10-13)18(19,20)21/h5-7,10-11,14H,3-4,8-9H2,1-2H3,(H,23,26,28)/p+1. The van der Waals surface area contributed by atoms with Crippen LogP contribution in [-0.4, -0.2) is 49.3 Å². The monoisotopic (exact) mass is 415 g/mol. The van der Waals surface area contributed by atoms with Crippen LogP contribution in [0.2, 0.25) is 0 Å². The maximum absolute atomic E-state index is 13.0. The van der Waals surface area contributed by atoms with Crippen molar-refractivity contribution in [3.8, 4) is 0 Å². The van der Waals surface area contributed by atoms with E-state index in [0.717, 1.165) is 36.7 Å². The number of halogens is 3. The Labute approximate surface area is 166 Å². The van der Waals surface area contributed by atoms with Crippen LogP contribution in [-0.2, 0) is 15.8 Å². The summed E-state index contributed by atoms with van der Waals surface area (Å²) >= 11 is 5.00. The fraction of sp³-hybridized carbons (Fsp3) is 0.444. The molecule has 1 atom stereocenters. The molecule has 1 aliphatic heterocycles. The highest BCUT2D eigenvalue weighted by Crippen LogP contribution is 2.32. The molecular weight excluding hydrogens is 393 g/mol. The molecule has 6 nitrogen and oxygen atoms in total. The van der Waals surface area contributed by atoms with Crippen molar-refractivity contribution in [1.82, 2.24) is 5.32 Å². The van der Waals surface area contributed by atoms with Crippen LogP contribution < -0.4 is 15.1 Å². The highest BCUT2D eigenvalue weighted by Gasteiger charge is 2.39. The summed E-state index contributed by atoms with van der Waals surface area (Å²) in [4.78, 5) is 31.3. The van der Waals surface area contributed by atoms with Crippen LogP contribution >= 0.6 is 12.2 Å². The molecule has 1 fully saturated rings. The first-order valence-electron chi connectivity index (χ1n) is 8.88. The third-order valence-electron chi connectivity index (χ3n) is 4.48.